The van der Waals surface area contributed by atoms with Crippen LogP contribution in [-0.4, -0.2) is 21.6 Å². The summed E-state index contributed by atoms with van der Waals surface area (Å²) in [5.74, 6) is -2.77. The zero-order chi connectivity index (χ0) is 21.7. The summed E-state index contributed by atoms with van der Waals surface area (Å²) in [7, 11) is 0. The maximum atomic E-state index is 13.6. The molecule has 2 amide bonds. The van der Waals surface area contributed by atoms with Crippen LogP contribution in [0.3, 0.4) is 0 Å². The molecule has 0 atom stereocenters. The second-order valence-corrected chi connectivity index (χ2v) is 6.53. The summed E-state index contributed by atoms with van der Waals surface area (Å²) in [6.07, 6.45) is -0.202. The average molecular weight is 412 g/mol. The van der Waals surface area contributed by atoms with Crippen LogP contribution in [0.5, 0.6) is 0 Å². The second kappa shape index (κ2) is 9.08. The number of amides is 2. The van der Waals surface area contributed by atoms with Crippen LogP contribution >= 0.6 is 0 Å². The molecule has 2 N–H and O–H groups in total. The van der Waals surface area contributed by atoms with Crippen LogP contribution in [0.2, 0.25) is 0 Å². The van der Waals surface area contributed by atoms with Gasteiger partial charge in [0.25, 0.3) is 11.5 Å². The topological polar surface area (TPSA) is 93.1 Å². The molecule has 9 heteroatoms. The minimum atomic E-state index is -0.909. The highest BCUT2D eigenvalue weighted by Gasteiger charge is 2.12. The number of nitrogens with one attached hydrogen (secondary N) is 2. The Morgan fingerprint density at radius 3 is 2.57 bits per heavy atom. The third-order valence-corrected chi connectivity index (χ3v) is 4.13. The number of carbonyl (C=O) groups excluding carboxylic acids is 2. The molecule has 3 aromatic rings. The summed E-state index contributed by atoms with van der Waals surface area (Å²) in [5.41, 5.74) is 0.881. The summed E-state index contributed by atoms with van der Waals surface area (Å²) in [4.78, 5) is 36.4. The highest BCUT2D eigenvalue weighted by molar-refractivity contribution is 6.02. The van der Waals surface area contributed by atoms with Gasteiger partial charge in [-0.05, 0) is 42.8 Å². The minimum absolute atomic E-state index is 0.00101. The average Bonchev–Trinajstić information content (AvgIpc) is 2.69. The van der Waals surface area contributed by atoms with Gasteiger partial charge < -0.3 is 10.6 Å². The second-order valence-electron chi connectivity index (χ2n) is 6.53. The van der Waals surface area contributed by atoms with E-state index < -0.39 is 29.0 Å². The van der Waals surface area contributed by atoms with Crippen molar-refractivity contribution in [1.29, 1.82) is 0 Å². The lowest BCUT2D eigenvalue weighted by Gasteiger charge is -2.09. The minimum Gasteiger partial charge on any atom is -0.324 e. The first-order valence-electron chi connectivity index (χ1n) is 9.03. The molecule has 0 spiro atoms. The molecule has 7 nitrogen and oxygen atoms in total. The Kier molecular flexibility index (Phi) is 6.31. The summed E-state index contributed by atoms with van der Waals surface area (Å²) in [6.45, 7) is 1.76. The Bertz CT molecular complexity index is 1160. The van der Waals surface area contributed by atoms with Gasteiger partial charge >= 0.3 is 0 Å². The highest BCUT2D eigenvalue weighted by Crippen LogP contribution is 2.15. The Morgan fingerprint density at radius 2 is 1.83 bits per heavy atom. The van der Waals surface area contributed by atoms with E-state index in [1.807, 2.05) is 13.0 Å². The molecule has 30 heavy (non-hydrogen) atoms. The van der Waals surface area contributed by atoms with E-state index in [9.17, 15) is 23.2 Å². The Morgan fingerprint density at radius 1 is 1.03 bits per heavy atom. The van der Waals surface area contributed by atoms with Crippen molar-refractivity contribution in [2.75, 3.05) is 10.6 Å². The number of rotatable bonds is 6. The molecule has 0 aliphatic rings. The summed E-state index contributed by atoms with van der Waals surface area (Å²) >= 11 is 0. The standard InChI is InChI=1S/C21H18F2N4O3/c1-13-3-2-4-15(11-13)24-21(30)18-7-8-20(29)27(26-18)10-9-19(28)25-17-6-5-14(22)12-16(17)23/h2-8,11-12H,9-10H2,1H3,(H,24,30)(H,25,28). The van der Waals surface area contributed by atoms with E-state index in [2.05, 4.69) is 15.7 Å². The lowest BCUT2D eigenvalue weighted by Crippen LogP contribution is -2.28. The number of hydrogen-bond donors (Lipinski definition) is 2. The van der Waals surface area contributed by atoms with Crippen molar-refractivity contribution in [1.82, 2.24) is 9.78 Å². The van der Waals surface area contributed by atoms with E-state index in [1.54, 1.807) is 18.2 Å². The zero-order valence-electron chi connectivity index (χ0n) is 16.0. The van der Waals surface area contributed by atoms with E-state index in [4.69, 9.17) is 0 Å². The molecule has 3 rings (SSSR count). The van der Waals surface area contributed by atoms with Gasteiger partial charge in [-0.15, -0.1) is 0 Å². The molecule has 2 aromatic carbocycles. The molecule has 0 aliphatic carbocycles. The fraction of sp³-hybridized carbons (Fsp3) is 0.143. The molecule has 154 valence electrons. The molecular formula is C21H18F2N4O3. The van der Waals surface area contributed by atoms with E-state index in [0.29, 0.717) is 11.8 Å². The lowest BCUT2D eigenvalue weighted by molar-refractivity contribution is -0.116. The third kappa shape index (κ3) is 5.34. The van der Waals surface area contributed by atoms with Gasteiger partial charge in [-0.3, -0.25) is 14.4 Å². The molecule has 1 heterocycles. The summed E-state index contributed by atoms with van der Waals surface area (Å²) in [5, 5.41) is 8.97. The number of carbonyl (C=O) groups is 2. The van der Waals surface area contributed by atoms with Crippen LogP contribution in [0.25, 0.3) is 0 Å². The van der Waals surface area contributed by atoms with Gasteiger partial charge in [0, 0.05) is 24.2 Å². The Balaban J connectivity index is 1.65. The van der Waals surface area contributed by atoms with Crippen LogP contribution in [-0.2, 0) is 11.3 Å². The van der Waals surface area contributed by atoms with Gasteiger partial charge in [-0.2, -0.15) is 5.10 Å². The van der Waals surface area contributed by atoms with Gasteiger partial charge in [0.2, 0.25) is 5.91 Å². The van der Waals surface area contributed by atoms with Crippen LogP contribution < -0.4 is 16.2 Å². The predicted molar refractivity (Wildman–Crippen MR) is 107 cm³/mol. The molecule has 0 saturated heterocycles. The van der Waals surface area contributed by atoms with Crippen LogP contribution in [0, 0.1) is 18.6 Å². The van der Waals surface area contributed by atoms with E-state index in [-0.39, 0.29) is 24.3 Å². The molecule has 0 fully saturated rings. The van der Waals surface area contributed by atoms with E-state index >= 15 is 0 Å². The first kappa shape index (κ1) is 20.8. The van der Waals surface area contributed by atoms with Gasteiger partial charge in [-0.25, -0.2) is 13.5 Å². The maximum Gasteiger partial charge on any atom is 0.276 e. The Hall–Kier alpha value is -3.88. The first-order valence-corrected chi connectivity index (χ1v) is 9.03. The largest absolute Gasteiger partial charge is 0.324 e. The van der Waals surface area contributed by atoms with Gasteiger partial charge in [0.05, 0.1) is 12.2 Å². The van der Waals surface area contributed by atoms with E-state index in [0.717, 1.165) is 22.4 Å². The maximum absolute atomic E-state index is 13.6. The quantitative estimate of drug-likeness (QED) is 0.651. The SMILES string of the molecule is Cc1cccc(NC(=O)c2ccc(=O)n(CCC(=O)Nc3ccc(F)cc3F)n2)c1. The van der Waals surface area contributed by atoms with Crippen molar-refractivity contribution >= 4 is 23.2 Å². The smallest absolute Gasteiger partial charge is 0.276 e. The van der Waals surface area contributed by atoms with Crippen molar-refractivity contribution in [3.05, 3.63) is 87.8 Å². The summed E-state index contributed by atoms with van der Waals surface area (Å²) in [6, 6.07) is 12.4. The normalized spacial score (nSPS) is 10.5. The highest BCUT2D eigenvalue weighted by atomic mass is 19.1. The van der Waals surface area contributed by atoms with Gasteiger partial charge in [-0.1, -0.05) is 12.1 Å². The zero-order valence-corrected chi connectivity index (χ0v) is 16.0. The lowest BCUT2D eigenvalue weighted by atomic mass is 10.2. The number of nitrogens with zero attached hydrogens (tertiary/aromatic N) is 2. The number of benzene rings is 2. The van der Waals surface area contributed by atoms with Crippen molar-refractivity contribution in [3.63, 3.8) is 0 Å². The molecule has 0 radical (unpaired) electrons. The monoisotopic (exact) mass is 412 g/mol. The van der Waals surface area contributed by atoms with Crippen molar-refractivity contribution in [3.8, 4) is 0 Å². The third-order valence-electron chi connectivity index (χ3n) is 4.13. The van der Waals surface area contributed by atoms with Gasteiger partial charge in [0.1, 0.15) is 17.3 Å². The van der Waals surface area contributed by atoms with Crippen LogP contribution in [0.1, 0.15) is 22.5 Å². The predicted octanol–water partition coefficient (Wildman–Crippen LogP) is 3.11. The number of aryl methyl sites for hydroxylation is 2. The summed E-state index contributed by atoms with van der Waals surface area (Å²) < 4.78 is 27.5. The number of anilines is 2. The van der Waals surface area contributed by atoms with Crippen molar-refractivity contribution in [2.24, 2.45) is 0 Å². The molecule has 0 bridgehead atoms. The van der Waals surface area contributed by atoms with Crippen LogP contribution in [0.15, 0.2) is 59.4 Å². The number of halogens is 2. The molecule has 0 aliphatic heterocycles. The van der Waals surface area contributed by atoms with E-state index in [1.165, 1.54) is 12.1 Å². The molecule has 1 aromatic heterocycles. The molecule has 0 saturated carbocycles. The van der Waals surface area contributed by atoms with Crippen molar-refractivity contribution < 1.29 is 18.4 Å². The number of aromatic nitrogens is 2. The van der Waals surface area contributed by atoms with Crippen LogP contribution in [0.4, 0.5) is 20.2 Å². The first-order chi connectivity index (χ1) is 14.3. The molecular weight excluding hydrogens is 394 g/mol. The fourth-order valence-electron chi connectivity index (χ4n) is 2.66. The molecule has 0 unspecified atom stereocenters. The van der Waals surface area contributed by atoms with Crippen molar-refractivity contribution in [2.45, 2.75) is 19.9 Å². The number of hydrogen-bond acceptors (Lipinski definition) is 4. The van der Waals surface area contributed by atoms with Gasteiger partial charge in [0.15, 0.2) is 0 Å². The Labute approximate surface area is 170 Å². The fourth-order valence-corrected chi connectivity index (χ4v) is 2.66.